The number of ether oxygens (including phenoxy) is 2. The fourth-order valence-electron chi connectivity index (χ4n) is 2.47. The summed E-state index contributed by atoms with van der Waals surface area (Å²) in [4.78, 5) is 16.2. The van der Waals surface area contributed by atoms with Gasteiger partial charge >= 0.3 is 5.97 Å². The van der Waals surface area contributed by atoms with Gasteiger partial charge in [0, 0.05) is 19.2 Å². The third-order valence-electron chi connectivity index (χ3n) is 4.01. The third kappa shape index (κ3) is 5.50. The molecule has 1 heterocycles. The van der Waals surface area contributed by atoms with Gasteiger partial charge in [-0.3, -0.25) is 0 Å². The lowest BCUT2D eigenvalue weighted by Gasteiger charge is -2.07. The van der Waals surface area contributed by atoms with E-state index in [9.17, 15) is 17.6 Å². The molecule has 0 aliphatic heterocycles. The van der Waals surface area contributed by atoms with Crippen LogP contribution in [0.3, 0.4) is 0 Å². The first-order chi connectivity index (χ1) is 14.4. The van der Waals surface area contributed by atoms with Crippen molar-refractivity contribution in [3.8, 4) is 11.3 Å². The molecule has 1 N–H and O–H groups in total. The quantitative estimate of drug-likeness (QED) is 0.408. The van der Waals surface area contributed by atoms with Crippen LogP contribution in [0.2, 0.25) is 0 Å². The van der Waals surface area contributed by atoms with Crippen molar-refractivity contribution in [3.63, 3.8) is 0 Å². The lowest BCUT2D eigenvalue weighted by molar-refractivity contribution is 0.0439. The molecule has 0 fully saturated rings. The highest BCUT2D eigenvalue weighted by Gasteiger charge is 2.16. The lowest BCUT2D eigenvalue weighted by atomic mass is 10.2. The van der Waals surface area contributed by atoms with E-state index in [1.165, 1.54) is 49.7 Å². The molecule has 3 rings (SSSR count). The normalized spacial score (nSPS) is 11.4. The summed E-state index contributed by atoms with van der Waals surface area (Å²) in [5, 5.41) is 0. The molecule has 0 bridgehead atoms. The van der Waals surface area contributed by atoms with Gasteiger partial charge in [-0.25, -0.2) is 27.3 Å². The molecule has 10 heteroatoms. The highest BCUT2D eigenvalue weighted by molar-refractivity contribution is 7.89. The molecule has 0 atom stereocenters. The fourth-order valence-corrected chi connectivity index (χ4v) is 3.48. The van der Waals surface area contributed by atoms with Crippen LogP contribution in [0.4, 0.5) is 4.39 Å². The van der Waals surface area contributed by atoms with Crippen LogP contribution in [-0.2, 0) is 26.1 Å². The fraction of sp³-hybridized carbons (Fsp3) is 0.200. The molecular weight excluding hydrogens is 415 g/mol. The van der Waals surface area contributed by atoms with Crippen molar-refractivity contribution < 1.29 is 31.5 Å². The van der Waals surface area contributed by atoms with Crippen LogP contribution in [-0.4, -0.2) is 39.6 Å². The van der Waals surface area contributed by atoms with E-state index < -0.39 is 16.0 Å². The Balaban J connectivity index is 1.58. The molecular formula is C20H19FN2O6S. The number of aromatic nitrogens is 1. The molecule has 0 saturated carbocycles. The van der Waals surface area contributed by atoms with E-state index in [2.05, 4.69) is 9.71 Å². The zero-order valence-corrected chi connectivity index (χ0v) is 16.8. The highest BCUT2D eigenvalue weighted by Crippen LogP contribution is 2.21. The number of sulfonamides is 1. The van der Waals surface area contributed by atoms with Crippen LogP contribution in [0.5, 0.6) is 0 Å². The van der Waals surface area contributed by atoms with Gasteiger partial charge in [0.2, 0.25) is 15.9 Å². The van der Waals surface area contributed by atoms with Crippen molar-refractivity contribution in [2.45, 2.75) is 11.5 Å². The zero-order valence-electron chi connectivity index (χ0n) is 16.0. The number of carbonyl (C=O) groups excluding carboxylic acids is 1. The number of oxazole rings is 1. The Morgan fingerprint density at radius 1 is 1.13 bits per heavy atom. The second-order valence-electron chi connectivity index (χ2n) is 6.12. The highest BCUT2D eigenvalue weighted by atomic mass is 32.2. The van der Waals surface area contributed by atoms with Crippen molar-refractivity contribution in [1.29, 1.82) is 0 Å². The maximum absolute atomic E-state index is 13.0. The van der Waals surface area contributed by atoms with Crippen molar-refractivity contribution in [2.75, 3.05) is 20.3 Å². The molecule has 0 saturated heterocycles. The van der Waals surface area contributed by atoms with Crippen LogP contribution in [0.1, 0.15) is 16.2 Å². The Hall–Kier alpha value is -3.08. The lowest BCUT2D eigenvalue weighted by Crippen LogP contribution is -2.27. The van der Waals surface area contributed by atoms with Gasteiger partial charge in [0.25, 0.3) is 0 Å². The van der Waals surface area contributed by atoms with Gasteiger partial charge in [-0.1, -0.05) is 0 Å². The predicted molar refractivity (Wildman–Crippen MR) is 105 cm³/mol. The van der Waals surface area contributed by atoms with Crippen molar-refractivity contribution in [3.05, 3.63) is 72.0 Å². The van der Waals surface area contributed by atoms with Crippen molar-refractivity contribution in [2.24, 2.45) is 0 Å². The molecule has 2 aromatic carbocycles. The number of benzene rings is 2. The van der Waals surface area contributed by atoms with Gasteiger partial charge in [0.05, 0.1) is 23.3 Å². The number of carbonyl (C=O) groups is 1. The summed E-state index contributed by atoms with van der Waals surface area (Å²) in [6, 6.07) is 11.0. The molecule has 0 aliphatic carbocycles. The summed E-state index contributed by atoms with van der Waals surface area (Å²) < 4.78 is 55.0. The van der Waals surface area contributed by atoms with Crippen LogP contribution in [0, 0.1) is 5.82 Å². The first kappa shape index (κ1) is 21.6. The van der Waals surface area contributed by atoms with E-state index >= 15 is 0 Å². The standard InChI is InChI=1S/C20H19FN2O6S/c1-27-11-10-23-30(25,26)17-8-4-15(5-9-17)20(24)28-13-19-22-12-18(29-19)14-2-6-16(21)7-3-14/h2-9,12,23H,10-11,13H2,1H3. The molecule has 0 amide bonds. The Morgan fingerprint density at radius 3 is 2.50 bits per heavy atom. The Kier molecular flexibility index (Phi) is 6.93. The minimum atomic E-state index is -3.69. The number of rotatable bonds is 9. The van der Waals surface area contributed by atoms with E-state index in [0.717, 1.165) is 0 Å². The molecule has 8 nitrogen and oxygen atoms in total. The van der Waals surface area contributed by atoms with E-state index in [4.69, 9.17) is 13.9 Å². The second kappa shape index (κ2) is 9.61. The van der Waals surface area contributed by atoms with E-state index in [1.54, 1.807) is 12.1 Å². The predicted octanol–water partition coefficient (Wildman–Crippen LogP) is 2.76. The third-order valence-corrected chi connectivity index (χ3v) is 5.48. The smallest absolute Gasteiger partial charge is 0.338 e. The van der Waals surface area contributed by atoms with Gasteiger partial charge in [0.1, 0.15) is 5.82 Å². The SMILES string of the molecule is COCCNS(=O)(=O)c1ccc(C(=O)OCc2ncc(-c3ccc(F)cc3)o2)cc1. The Bertz CT molecular complexity index is 1100. The van der Waals surface area contributed by atoms with Gasteiger partial charge in [-0.15, -0.1) is 0 Å². The Labute approximate surface area is 172 Å². The molecule has 0 spiro atoms. The average Bonchev–Trinajstić information content (AvgIpc) is 3.22. The number of nitrogens with one attached hydrogen (secondary N) is 1. The molecule has 3 aromatic rings. The minimum Gasteiger partial charge on any atom is -0.452 e. The van der Waals surface area contributed by atoms with Crippen LogP contribution in [0.25, 0.3) is 11.3 Å². The topological polar surface area (TPSA) is 108 Å². The molecule has 158 valence electrons. The van der Waals surface area contributed by atoms with E-state index in [1.807, 2.05) is 0 Å². The van der Waals surface area contributed by atoms with E-state index in [-0.39, 0.29) is 41.9 Å². The summed E-state index contributed by atoms with van der Waals surface area (Å²) in [7, 11) is -2.22. The van der Waals surface area contributed by atoms with E-state index in [0.29, 0.717) is 11.3 Å². The number of hydrogen-bond donors (Lipinski definition) is 1. The number of halogens is 1. The largest absolute Gasteiger partial charge is 0.452 e. The van der Waals surface area contributed by atoms with Gasteiger partial charge in [-0.2, -0.15) is 0 Å². The summed E-state index contributed by atoms with van der Waals surface area (Å²) in [5.41, 5.74) is 0.813. The number of hydrogen-bond acceptors (Lipinski definition) is 7. The zero-order chi connectivity index (χ0) is 21.6. The molecule has 1 aromatic heterocycles. The van der Waals surface area contributed by atoms with Crippen LogP contribution >= 0.6 is 0 Å². The van der Waals surface area contributed by atoms with Crippen LogP contribution in [0.15, 0.2) is 64.0 Å². The summed E-state index contributed by atoms with van der Waals surface area (Å²) >= 11 is 0. The van der Waals surface area contributed by atoms with Gasteiger partial charge in [0.15, 0.2) is 12.4 Å². The molecule has 0 aliphatic rings. The maximum Gasteiger partial charge on any atom is 0.338 e. The molecule has 0 radical (unpaired) electrons. The van der Waals surface area contributed by atoms with Gasteiger partial charge < -0.3 is 13.9 Å². The number of methoxy groups -OCH3 is 1. The minimum absolute atomic E-state index is 0.0202. The van der Waals surface area contributed by atoms with Gasteiger partial charge in [-0.05, 0) is 48.5 Å². The average molecular weight is 434 g/mol. The van der Waals surface area contributed by atoms with Crippen molar-refractivity contribution in [1.82, 2.24) is 9.71 Å². The Morgan fingerprint density at radius 2 is 1.83 bits per heavy atom. The number of esters is 1. The van der Waals surface area contributed by atoms with Crippen LogP contribution < -0.4 is 4.72 Å². The molecule has 0 unspecified atom stereocenters. The molecule has 30 heavy (non-hydrogen) atoms. The monoisotopic (exact) mass is 434 g/mol. The maximum atomic E-state index is 13.0. The summed E-state index contributed by atoms with van der Waals surface area (Å²) in [5.74, 6) is -0.439. The first-order valence-corrected chi connectivity index (χ1v) is 10.3. The van der Waals surface area contributed by atoms with Crippen molar-refractivity contribution >= 4 is 16.0 Å². The number of nitrogens with zero attached hydrogens (tertiary/aromatic N) is 1. The first-order valence-electron chi connectivity index (χ1n) is 8.85. The second-order valence-corrected chi connectivity index (χ2v) is 7.88. The summed E-state index contributed by atoms with van der Waals surface area (Å²) in [6.45, 7) is 0.171. The summed E-state index contributed by atoms with van der Waals surface area (Å²) in [6.07, 6.45) is 1.45.